The van der Waals surface area contributed by atoms with Crippen molar-refractivity contribution in [2.24, 2.45) is 0 Å². The van der Waals surface area contributed by atoms with Gasteiger partial charge in [0.2, 0.25) is 5.91 Å². The normalized spacial score (nSPS) is 10.9. The second-order valence-electron chi connectivity index (χ2n) is 5.78. The molecule has 1 amide bonds. The highest BCUT2D eigenvalue weighted by Gasteiger charge is 2.15. The number of aromatic amines is 1. The zero-order chi connectivity index (χ0) is 18.8. The van der Waals surface area contributed by atoms with E-state index in [-0.39, 0.29) is 12.3 Å². The van der Waals surface area contributed by atoms with Gasteiger partial charge in [0.1, 0.15) is 5.01 Å². The molecule has 0 spiro atoms. The van der Waals surface area contributed by atoms with E-state index in [1.807, 2.05) is 36.6 Å². The first kappa shape index (κ1) is 17.8. The highest BCUT2D eigenvalue weighted by atomic mass is 35.5. The summed E-state index contributed by atoms with van der Waals surface area (Å²) in [6.45, 7) is 1.91. The van der Waals surface area contributed by atoms with E-state index in [1.54, 1.807) is 12.4 Å². The number of anilines is 1. The second kappa shape index (κ2) is 7.59. The molecule has 2 N–H and O–H groups in total. The number of H-pyrrole nitrogens is 1. The molecular weight excluding hydrogens is 402 g/mol. The Balaban J connectivity index is 1.45. The fourth-order valence-electron chi connectivity index (χ4n) is 2.59. The third-order valence-electron chi connectivity index (χ3n) is 3.91. The summed E-state index contributed by atoms with van der Waals surface area (Å²) in [5, 5.41) is 12.8. The van der Waals surface area contributed by atoms with Crippen LogP contribution in [0, 0.1) is 6.92 Å². The number of amides is 1. The number of nitrogens with one attached hydrogen (secondary N) is 2. The largest absolute Gasteiger partial charge is 0.309 e. The van der Waals surface area contributed by atoms with Crippen molar-refractivity contribution in [2.45, 2.75) is 13.3 Å². The number of carbonyl (C=O) groups is 1. The Morgan fingerprint density at radius 1 is 1.26 bits per heavy atom. The molecule has 0 atom stereocenters. The minimum atomic E-state index is -0.160. The molecule has 0 aliphatic rings. The van der Waals surface area contributed by atoms with Crippen molar-refractivity contribution in [3.8, 4) is 21.1 Å². The monoisotopic (exact) mass is 415 g/mol. The van der Waals surface area contributed by atoms with E-state index < -0.39 is 0 Å². The van der Waals surface area contributed by atoms with Gasteiger partial charge < -0.3 is 5.32 Å². The Hall–Kier alpha value is -2.55. The summed E-state index contributed by atoms with van der Waals surface area (Å²) in [6.07, 6.45) is 3.62. The lowest BCUT2D eigenvalue weighted by atomic mass is 10.1. The summed E-state index contributed by atoms with van der Waals surface area (Å²) in [5.74, 6) is 0.360. The number of rotatable bonds is 5. The molecule has 136 valence electrons. The van der Waals surface area contributed by atoms with Gasteiger partial charge in [0.15, 0.2) is 5.82 Å². The maximum absolute atomic E-state index is 12.4. The molecule has 0 radical (unpaired) electrons. The molecule has 0 aromatic carbocycles. The molecule has 0 unspecified atom stereocenters. The van der Waals surface area contributed by atoms with Crippen molar-refractivity contribution < 1.29 is 4.79 Å². The molecule has 27 heavy (non-hydrogen) atoms. The Morgan fingerprint density at radius 2 is 2.07 bits per heavy atom. The first-order valence-corrected chi connectivity index (χ1v) is 10.1. The van der Waals surface area contributed by atoms with Crippen LogP contribution in [0.1, 0.15) is 11.3 Å². The van der Waals surface area contributed by atoms with Gasteiger partial charge >= 0.3 is 0 Å². The SMILES string of the molecule is Cc1c(NC(=O)Cc2csc(-c3ccc(Cl)s3)n2)n[nH]c1-c1ccncc1. The van der Waals surface area contributed by atoms with Gasteiger partial charge in [-0.3, -0.25) is 14.9 Å². The highest BCUT2D eigenvalue weighted by Crippen LogP contribution is 2.33. The summed E-state index contributed by atoms with van der Waals surface area (Å²) >= 11 is 8.94. The molecule has 4 aromatic heterocycles. The number of aromatic nitrogens is 4. The number of nitrogens with zero attached hydrogens (tertiary/aromatic N) is 3. The molecular formula is C18H14ClN5OS2. The quantitative estimate of drug-likeness (QED) is 0.490. The molecule has 0 aliphatic carbocycles. The molecule has 0 fully saturated rings. The predicted molar refractivity (Wildman–Crippen MR) is 109 cm³/mol. The number of pyridine rings is 1. The standard InChI is InChI=1S/C18H14ClN5OS2/c1-10-16(11-4-6-20-7-5-11)23-24-17(10)22-15(25)8-12-9-26-18(21-12)13-2-3-14(19)27-13/h2-7,9H,8H2,1H3,(H2,22,23,24,25). The van der Waals surface area contributed by atoms with Gasteiger partial charge in [-0.1, -0.05) is 11.6 Å². The summed E-state index contributed by atoms with van der Waals surface area (Å²) in [4.78, 5) is 21.9. The fraction of sp³-hybridized carbons (Fsp3) is 0.111. The minimum Gasteiger partial charge on any atom is -0.309 e. The van der Waals surface area contributed by atoms with Crippen LogP contribution in [0.5, 0.6) is 0 Å². The molecule has 4 aromatic rings. The summed E-state index contributed by atoms with van der Waals surface area (Å²) in [6, 6.07) is 7.55. The van der Waals surface area contributed by atoms with E-state index in [2.05, 4.69) is 25.5 Å². The van der Waals surface area contributed by atoms with Crippen LogP contribution in [-0.2, 0) is 11.2 Å². The highest BCUT2D eigenvalue weighted by molar-refractivity contribution is 7.23. The van der Waals surface area contributed by atoms with Crippen LogP contribution in [0.2, 0.25) is 4.34 Å². The van der Waals surface area contributed by atoms with Crippen LogP contribution in [0.3, 0.4) is 0 Å². The number of thiophene rings is 1. The Bertz CT molecular complexity index is 1090. The average molecular weight is 416 g/mol. The zero-order valence-corrected chi connectivity index (χ0v) is 16.6. The molecule has 4 heterocycles. The first-order chi connectivity index (χ1) is 13.1. The van der Waals surface area contributed by atoms with Crippen LogP contribution in [0.25, 0.3) is 21.1 Å². The fourth-order valence-corrected chi connectivity index (χ4v) is 4.53. The van der Waals surface area contributed by atoms with E-state index in [9.17, 15) is 4.79 Å². The molecule has 9 heteroatoms. The van der Waals surface area contributed by atoms with E-state index in [4.69, 9.17) is 11.6 Å². The predicted octanol–water partition coefficient (Wildman–Crippen LogP) is 4.80. The average Bonchev–Trinajstić information content (AvgIpc) is 3.38. The van der Waals surface area contributed by atoms with Crippen molar-refractivity contribution >= 4 is 46.0 Å². The van der Waals surface area contributed by atoms with Gasteiger partial charge in [0, 0.05) is 28.9 Å². The first-order valence-electron chi connectivity index (χ1n) is 8.05. The molecule has 0 bridgehead atoms. The number of hydrogen-bond donors (Lipinski definition) is 2. The lowest BCUT2D eigenvalue weighted by molar-refractivity contribution is -0.115. The smallest absolute Gasteiger partial charge is 0.231 e. The molecule has 0 aliphatic heterocycles. The van der Waals surface area contributed by atoms with Crippen molar-refractivity contribution in [3.63, 3.8) is 0 Å². The van der Waals surface area contributed by atoms with E-state index in [0.717, 1.165) is 36.7 Å². The molecule has 0 saturated heterocycles. The van der Waals surface area contributed by atoms with Crippen molar-refractivity contribution in [3.05, 3.63) is 57.6 Å². The van der Waals surface area contributed by atoms with Gasteiger partial charge in [-0.15, -0.1) is 22.7 Å². The maximum atomic E-state index is 12.4. The summed E-state index contributed by atoms with van der Waals surface area (Å²) < 4.78 is 0.721. The van der Waals surface area contributed by atoms with Crippen molar-refractivity contribution in [2.75, 3.05) is 5.32 Å². The maximum Gasteiger partial charge on any atom is 0.231 e. The lowest BCUT2D eigenvalue weighted by Gasteiger charge is -2.02. The van der Waals surface area contributed by atoms with Crippen molar-refractivity contribution in [1.82, 2.24) is 20.2 Å². The van der Waals surface area contributed by atoms with Crippen molar-refractivity contribution in [1.29, 1.82) is 0 Å². The Kier molecular flexibility index (Phi) is 5.02. The van der Waals surface area contributed by atoms with E-state index >= 15 is 0 Å². The molecule has 0 saturated carbocycles. The molecule has 6 nitrogen and oxygen atoms in total. The molecule has 4 rings (SSSR count). The van der Waals surface area contributed by atoms with Crippen LogP contribution < -0.4 is 5.32 Å². The van der Waals surface area contributed by atoms with Crippen LogP contribution in [-0.4, -0.2) is 26.1 Å². The number of thiazole rings is 1. The van der Waals surface area contributed by atoms with E-state index in [1.165, 1.54) is 22.7 Å². The zero-order valence-electron chi connectivity index (χ0n) is 14.2. The Morgan fingerprint density at radius 3 is 2.81 bits per heavy atom. The second-order valence-corrected chi connectivity index (χ2v) is 8.35. The summed E-state index contributed by atoms with van der Waals surface area (Å²) in [5.41, 5.74) is 3.42. The Labute approximate surface area is 168 Å². The van der Waals surface area contributed by atoms with Gasteiger partial charge in [-0.25, -0.2) is 4.98 Å². The number of halogens is 1. The number of hydrogen-bond acceptors (Lipinski definition) is 6. The van der Waals surface area contributed by atoms with Gasteiger partial charge in [-0.05, 0) is 31.2 Å². The van der Waals surface area contributed by atoms with Gasteiger partial charge in [0.25, 0.3) is 0 Å². The number of carbonyl (C=O) groups excluding carboxylic acids is 1. The topological polar surface area (TPSA) is 83.6 Å². The van der Waals surface area contributed by atoms with Crippen LogP contribution in [0.4, 0.5) is 5.82 Å². The summed E-state index contributed by atoms with van der Waals surface area (Å²) in [7, 11) is 0. The van der Waals surface area contributed by atoms with Gasteiger partial charge in [0.05, 0.1) is 27.0 Å². The van der Waals surface area contributed by atoms with E-state index in [0.29, 0.717) is 5.82 Å². The van der Waals surface area contributed by atoms with Crippen LogP contribution >= 0.6 is 34.3 Å². The van der Waals surface area contributed by atoms with Gasteiger partial charge in [-0.2, -0.15) is 5.10 Å². The lowest BCUT2D eigenvalue weighted by Crippen LogP contribution is -2.15. The third-order valence-corrected chi connectivity index (χ3v) is 6.21. The minimum absolute atomic E-state index is 0.160. The third kappa shape index (κ3) is 3.92. The van der Waals surface area contributed by atoms with Crippen LogP contribution in [0.15, 0.2) is 42.0 Å².